The fourth-order valence-electron chi connectivity index (χ4n) is 15.5. The van der Waals surface area contributed by atoms with Crippen molar-refractivity contribution in [2.45, 2.75) is 132 Å². The molecular formula is C36H48O3. The van der Waals surface area contributed by atoms with E-state index < -0.39 is 0 Å². The molecule has 0 radical (unpaired) electrons. The Hall–Kier alpha value is -1.38. The normalized spacial score (nSPS) is 53.7. The minimum atomic E-state index is -0.128. The molecule has 0 heterocycles. The minimum Gasteiger partial charge on any atom is -0.507 e. The third-order valence-corrected chi connectivity index (χ3v) is 15.1. The van der Waals surface area contributed by atoms with Crippen molar-refractivity contribution in [1.29, 1.82) is 0 Å². The molecule has 3 heteroatoms. The predicted molar refractivity (Wildman–Crippen MR) is 151 cm³/mol. The van der Waals surface area contributed by atoms with E-state index >= 15 is 0 Å². The van der Waals surface area contributed by atoms with E-state index in [9.17, 15) is 15.3 Å². The first-order valence-electron chi connectivity index (χ1n) is 17.1. The summed E-state index contributed by atoms with van der Waals surface area (Å²) in [6, 6.07) is 0. The van der Waals surface area contributed by atoms with Crippen molar-refractivity contribution in [1.82, 2.24) is 0 Å². The van der Waals surface area contributed by atoms with Gasteiger partial charge in [-0.1, -0.05) is 0 Å². The Kier molecular flexibility index (Phi) is 4.36. The van der Waals surface area contributed by atoms with E-state index in [-0.39, 0.29) is 27.7 Å². The Labute approximate surface area is 234 Å². The Morgan fingerprint density at radius 1 is 0.308 bits per heavy atom. The van der Waals surface area contributed by atoms with Gasteiger partial charge in [0.1, 0.15) is 5.75 Å². The quantitative estimate of drug-likeness (QED) is 0.274. The van der Waals surface area contributed by atoms with Gasteiger partial charge in [-0.15, -0.1) is 0 Å². The van der Waals surface area contributed by atoms with E-state index in [0.717, 1.165) is 83.7 Å². The third kappa shape index (κ3) is 2.97. The van der Waals surface area contributed by atoms with Crippen LogP contribution in [0.5, 0.6) is 17.2 Å². The summed E-state index contributed by atoms with van der Waals surface area (Å²) >= 11 is 0. The van der Waals surface area contributed by atoms with Crippen LogP contribution in [0.25, 0.3) is 0 Å². The number of phenols is 3. The number of hydrogen-bond donors (Lipinski definition) is 3. The zero-order chi connectivity index (χ0) is 25.9. The topological polar surface area (TPSA) is 60.7 Å². The summed E-state index contributed by atoms with van der Waals surface area (Å²) in [5.41, 5.74) is 2.94. The van der Waals surface area contributed by atoms with Crippen LogP contribution in [-0.2, 0) is 16.2 Å². The lowest BCUT2D eigenvalue weighted by Crippen LogP contribution is -2.53. The summed E-state index contributed by atoms with van der Waals surface area (Å²) in [5, 5.41) is 37.3. The van der Waals surface area contributed by atoms with Gasteiger partial charge in [0.2, 0.25) is 0 Å². The predicted octanol–water partition coefficient (Wildman–Crippen LogP) is 8.21. The van der Waals surface area contributed by atoms with Gasteiger partial charge < -0.3 is 15.3 Å². The molecule has 12 saturated carbocycles. The van der Waals surface area contributed by atoms with Crippen LogP contribution in [-0.4, -0.2) is 15.3 Å². The number of hydrogen-bond acceptors (Lipinski definition) is 3. The van der Waals surface area contributed by atoms with Gasteiger partial charge in [0.25, 0.3) is 0 Å². The van der Waals surface area contributed by atoms with Crippen molar-refractivity contribution < 1.29 is 15.3 Å². The second-order valence-corrected chi connectivity index (χ2v) is 17.8. The van der Waals surface area contributed by atoms with E-state index in [1.165, 1.54) is 102 Å². The van der Waals surface area contributed by atoms with Crippen molar-refractivity contribution in [2.24, 2.45) is 53.3 Å². The van der Waals surface area contributed by atoms with Gasteiger partial charge in [0.05, 0.1) is 0 Å². The fraction of sp³-hybridized carbons (Fsp3) is 0.833. The first-order valence-corrected chi connectivity index (χ1v) is 17.1. The van der Waals surface area contributed by atoms with Crippen LogP contribution in [0, 0.1) is 53.3 Å². The Morgan fingerprint density at radius 3 is 0.795 bits per heavy atom. The van der Waals surface area contributed by atoms with Gasteiger partial charge in [-0.05, 0) is 169 Å². The lowest BCUT2D eigenvalue weighted by atomic mass is 9.43. The van der Waals surface area contributed by atoms with Crippen molar-refractivity contribution >= 4 is 0 Å². The number of aromatic hydroxyl groups is 3. The third-order valence-electron chi connectivity index (χ3n) is 15.1. The number of rotatable bonds is 3. The first kappa shape index (κ1) is 23.2. The van der Waals surface area contributed by atoms with Crippen LogP contribution in [0.15, 0.2) is 0 Å². The highest BCUT2D eigenvalue weighted by Crippen LogP contribution is 2.71. The molecule has 12 fully saturated rings. The van der Waals surface area contributed by atoms with Crippen molar-refractivity contribution in [2.75, 3.05) is 0 Å². The molecule has 0 atom stereocenters. The molecule has 12 aliphatic rings. The maximum Gasteiger partial charge on any atom is 0.165 e. The summed E-state index contributed by atoms with van der Waals surface area (Å²) in [6.45, 7) is 0. The second kappa shape index (κ2) is 7.33. The molecule has 13 rings (SSSR count). The molecule has 39 heavy (non-hydrogen) atoms. The van der Waals surface area contributed by atoms with E-state index in [4.69, 9.17) is 0 Å². The second-order valence-electron chi connectivity index (χ2n) is 17.8. The molecule has 0 saturated heterocycles. The standard InChI is InChI=1S/C36H48O3/c37-31-28(34-10-19-1-20(11-34)3-21(2-19)12-34)29(35-13-22-4-23(14-35)6-24(5-22)15-35)32(38)33(39)30(31)36-16-25-7-26(17-36)9-27(8-25)18-36/h19-27,37-39H,1-18H2. The average molecular weight is 529 g/mol. The van der Waals surface area contributed by atoms with Gasteiger partial charge in [0.15, 0.2) is 11.5 Å². The summed E-state index contributed by atoms with van der Waals surface area (Å²) < 4.78 is 0. The summed E-state index contributed by atoms with van der Waals surface area (Å²) in [5.74, 6) is 7.72. The molecule has 0 amide bonds. The molecule has 0 spiro atoms. The monoisotopic (exact) mass is 528 g/mol. The van der Waals surface area contributed by atoms with E-state index in [1.54, 1.807) is 0 Å². The van der Waals surface area contributed by atoms with E-state index in [2.05, 4.69) is 0 Å². The van der Waals surface area contributed by atoms with Crippen LogP contribution in [0.3, 0.4) is 0 Å². The van der Waals surface area contributed by atoms with Crippen molar-refractivity contribution in [3.63, 3.8) is 0 Å². The molecular weight excluding hydrogens is 480 g/mol. The highest BCUT2D eigenvalue weighted by Gasteiger charge is 2.61. The average Bonchev–Trinajstić information content (AvgIpc) is 2.83. The van der Waals surface area contributed by atoms with Crippen molar-refractivity contribution in [3.8, 4) is 17.2 Å². The van der Waals surface area contributed by atoms with Crippen LogP contribution in [0.1, 0.15) is 132 Å². The highest BCUT2D eigenvalue weighted by molar-refractivity contribution is 5.69. The lowest BCUT2D eigenvalue weighted by molar-refractivity contribution is -0.0210. The first-order chi connectivity index (χ1) is 18.8. The molecule has 1 aromatic rings. The minimum absolute atomic E-state index is 0.0136. The zero-order valence-electron chi connectivity index (χ0n) is 23.8. The Bertz CT molecular complexity index is 1150. The molecule has 3 N–H and O–H groups in total. The highest BCUT2D eigenvalue weighted by atomic mass is 16.3. The largest absolute Gasteiger partial charge is 0.507 e. The number of benzene rings is 1. The maximum atomic E-state index is 12.8. The van der Waals surface area contributed by atoms with E-state index in [0.29, 0.717) is 5.75 Å². The Morgan fingerprint density at radius 2 is 0.513 bits per heavy atom. The van der Waals surface area contributed by atoms with Crippen LogP contribution in [0.4, 0.5) is 0 Å². The molecule has 0 aromatic heterocycles. The van der Waals surface area contributed by atoms with Crippen LogP contribution >= 0.6 is 0 Å². The maximum absolute atomic E-state index is 12.8. The van der Waals surface area contributed by atoms with Gasteiger partial charge in [-0.2, -0.15) is 0 Å². The van der Waals surface area contributed by atoms with Crippen molar-refractivity contribution in [3.05, 3.63) is 16.7 Å². The van der Waals surface area contributed by atoms with Gasteiger partial charge in [0, 0.05) is 32.9 Å². The molecule has 12 aliphatic carbocycles. The zero-order valence-corrected chi connectivity index (χ0v) is 23.8. The molecule has 1 aromatic carbocycles. The van der Waals surface area contributed by atoms with Crippen LogP contribution < -0.4 is 0 Å². The smallest absolute Gasteiger partial charge is 0.165 e. The molecule has 3 nitrogen and oxygen atoms in total. The summed E-state index contributed by atoms with van der Waals surface area (Å²) in [7, 11) is 0. The fourth-order valence-corrected chi connectivity index (χ4v) is 15.5. The van der Waals surface area contributed by atoms with Crippen LogP contribution in [0.2, 0.25) is 0 Å². The molecule has 210 valence electrons. The summed E-state index contributed by atoms with van der Waals surface area (Å²) in [6.07, 6.45) is 22.8. The van der Waals surface area contributed by atoms with Gasteiger partial charge >= 0.3 is 0 Å². The number of phenolic OH excluding ortho intramolecular Hbond substituents is 3. The molecule has 0 aliphatic heterocycles. The lowest BCUT2D eigenvalue weighted by Gasteiger charge is -2.61. The van der Waals surface area contributed by atoms with Gasteiger partial charge in [-0.25, -0.2) is 0 Å². The summed E-state index contributed by atoms with van der Waals surface area (Å²) in [4.78, 5) is 0. The Balaban J connectivity index is 1.22. The molecule has 12 bridgehead atoms. The van der Waals surface area contributed by atoms with E-state index in [1.807, 2.05) is 0 Å². The molecule has 0 unspecified atom stereocenters. The van der Waals surface area contributed by atoms with Gasteiger partial charge in [-0.3, -0.25) is 0 Å². The SMILES string of the molecule is Oc1c(O)c(C23CC4CC(CC(C4)C2)C3)c(C23CC4CC(CC(C4)C2)C3)c(O)c1C12CC3CC(CC(C3)C1)C2.